The van der Waals surface area contributed by atoms with Gasteiger partial charge in [0.05, 0.1) is 28.6 Å². The first kappa shape index (κ1) is 15.9. The number of halogens is 1. The molecule has 27 heavy (non-hydrogen) atoms. The van der Waals surface area contributed by atoms with Crippen LogP contribution in [0.3, 0.4) is 0 Å². The number of amides is 2. The summed E-state index contributed by atoms with van der Waals surface area (Å²) in [6, 6.07) is 11.5. The second-order valence-electron chi connectivity index (χ2n) is 6.97. The topological polar surface area (TPSA) is 83.1 Å². The number of aromatic amines is 1. The number of piperidine rings is 1. The first-order valence-electron chi connectivity index (χ1n) is 8.67. The minimum atomic E-state index is -0.610. The van der Waals surface area contributed by atoms with Gasteiger partial charge in [-0.25, -0.2) is 14.4 Å². The number of rotatable bonds is 3. The molecule has 2 unspecified atom stereocenters. The molecule has 5 rings (SSSR count). The number of carbonyl (C=O) groups excluding carboxylic acids is 2. The highest BCUT2D eigenvalue weighted by Gasteiger charge is 2.59. The maximum absolute atomic E-state index is 14.3. The predicted octanol–water partition coefficient (Wildman–Crippen LogP) is 2.16. The molecule has 7 heteroatoms. The van der Waals surface area contributed by atoms with Crippen molar-refractivity contribution in [2.24, 2.45) is 11.8 Å². The molecule has 1 aromatic heterocycles. The van der Waals surface area contributed by atoms with Gasteiger partial charge in [0.25, 0.3) is 5.56 Å². The lowest BCUT2D eigenvalue weighted by atomic mass is 10.0. The van der Waals surface area contributed by atoms with Crippen LogP contribution in [0.2, 0.25) is 0 Å². The Morgan fingerprint density at radius 2 is 1.74 bits per heavy atom. The molecule has 6 nitrogen and oxygen atoms in total. The van der Waals surface area contributed by atoms with E-state index in [0.717, 1.165) is 4.90 Å². The first-order chi connectivity index (χ1) is 13.0. The Bertz CT molecular complexity index is 1170. The summed E-state index contributed by atoms with van der Waals surface area (Å²) in [6.07, 6.45) is 0.899. The minimum absolute atomic E-state index is 0.0107. The van der Waals surface area contributed by atoms with E-state index in [1.54, 1.807) is 24.3 Å². The highest BCUT2D eigenvalue weighted by molar-refractivity contribution is 6.24. The number of benzene rings is 2. The minimum Gasteiger partial charge on any atom is -0.274 e. The SMILES string of the molecule is O=C1C2CC2C(=O)N1c1cc(Cc2n[nH]c(=O)c3ccccc23)ccc1F. The number of hydrogen-bond acceptors (Lipinski definition) is 4. The molecule has 2 aromatic carbocycles. The van der Waals surface area contributed by atoms with Gasteiger partial charge in [0.1, 0.15) is 5.82 Å². The van der Waals surface area contributed by atoms with E-state index in [0.29, 0.717) is 34.9 Å². The second-order valence-corrected chi connectivity index (χ2v) is 6.97. The maximum Gasteiger partial charge on any atom is 0.272 e. The van der Waals surface area contributed by atoms with Gasteiger partial charge in [-0.2, -0.15) is 5.10 Å². The smallest absolute Gasteiger partial charge is 0.272 e. The number of carbonyl (C=O) groups is 2. The van der Waals surface area contributed by atoms with Crippen LogP contribution in [0.5, 0.6) is 0 Å². The lowest BCUT2D eigenvalue weighted by Gasteiger charge is -2.18. The summed E-state index contributed by atoms with van der Waals surface area (Å²) in [5, 5.41) is 7.83. The second kappa shape index (κ2) is 5.57. The summed E-state index contributed by atoms with van der Waals surface area (Å²) >= 11 is 0. The Labute approximate surface area is 152 Å². The van der Waals surface area contributed by atoms with Crippen molar-refractivity contribution < 1.29 is 14.0 Å². The normalized spacial score (nSPS) is 21.0. The number of nitrogens with one attached hydrogen (secondary N) is 1. The first-order valence-corrected chi connectivity index (χ1v) is 8.67. The van der Waals surface area contributed by atoms with Gasteiger partial charge in [0, 0.05) is 11.8 Å². The largest absolute Gasteiger partial charge is 0.274 e. The Morgan fingerprint density at radius 3 is 2.48 bits per heavy atom. The zero-order valence-corrected chi connectivity index (χ0v) is 14.1. The number of nitrogens with zero attached hydrogens (tertiary/aromatic N) is 2. The Morgan fingerprint density at radius 1 is 1.04 bits per heavy atom. The average Bonchev–Trinajstić information content (AvgIpc) is 3.43. The molecule has 1 saturated heterocycles. The summed E-state index contributed by atoms with van der Waals surface area (Å²) < 4.78 is 14.3. The van der Waals surface area contributed by atoms with Crippen LogP contribution in [0.25, 0.3) is 10.8 Å². The van der Waals surface area contributed by atoms with E-state index in [1.165, 1.54) is 12.1 Å². The molecular formula is C20H14FN3O3. The monoisotopic (exact) mass is 363 g/mol. The molecular weight excluding hydrogens is 349 g/mol. The number of imide groups is 1. The van der Waals surface area contributed by atoms with Crippen LogP contribution >= 0.6 is 0 Å². The molecule has 2 atom stereocenters. The summed E-state index contributed by atoms with van der Waals surface area (Å²) in [6.45, 7) is 0. The van der Waals surface area contributed by atoms with Gasteiger partial charge < -0.3 is 0 Å². The lowest BCUT2D eigenvalue weighted by Crippen LogP contribution is -2.33. The van der Waals surface area contributed by atoms with Crippen LogP contribution in [0.4, 0.5) is 10.1 Å². The molecule has 2 heterocycles. The van der Waals surface area contributed by atoms with Crippen molar-refractivity contribution >= 4 is 28.3 Å². The van der Waals surface area contributed by atoms with Crippen molar-refractivity contribution in [3.8, 4) is 0 Å². The van der Waals surface area contributed by atoms with E-state index in [1.807, 2.05) is 6.07 Å². The third-order valence-corrected chi connectivity index (χ3v) is 5.26. The lowest BCUT2D eigenvalue weighted by molar-refractivity contribution is -0.123. The molecule has 3 aromatic rings. The Kier molecular flexibility index (Phi) is 3.28. The van der Waals surface area contributed by atoms with Crippen LogP contribution in [0.15, 0.2) is 47.3 Å². The molecule has 2 amide bonds. The third-order valence-electron chi connectivity index (χ3n) is 5.26. The fourth-order valence-corrected chi connectivity index (χ4v) is 3.76. The number of hydrogen-bond donors (Lipinski definition) is 1. The molecule has 1 aliphatic heterocycles. The van der Waals surface area contributed by atoms with Crippen molar-refractivity contribution in [3.63, 3.8) is 0 Å². The summed E-state index contributed by atoms with van der Waals surface area (Å²) in [5.41, 5.74) is 1.03. The summed E-state index contributed by atoms with van der Waals surface area (Å²) in [7, 11) is 0. The fraction of sp³-hybridized carbons (Fsp3) is 0.200. The molecule has 2 fully saturated rings. The Balaban J connectivity index is 1.54. The van der Waals surface area contributed by atoms with Gasteiger partial charge in [-0.1, -0.05) is 24.3 Å². The molecule has 1 aliphatic carbocycles. The molecule has 0 spiro atoms. The van der Waals surface area contributed by atoms with E-state index < -0.39 is 5.82 Å². The van der Waals surface area contributed by atoms with Gasteiger partial charge in [0.2, 0.25) is 11.8 Å². The van der Waals surface area contributed by atoms with E-state index in [2.05, 4.69) is 10.2 Å². The van der Waals surface area contributed by atoms with Gasteiger partial charge >= 0.3 is 0 Å². The third kappa shape index (κ3) is 2.38. The molecule has 1 saturated carbocycles. The standard InChI is InChI=1S/C20H14FN3O3/c21-15-6-5-10(8-17(15)24-19(26)13-9-14(13)20(24)27)7-16-11-3-1-2-4-12(11)18(25)23-22-16/h1-6,8,13-14H,7,9H2,(H,23,25). The van der Waals surface area contributed by atoms with Crippen molar-refractivity contribution in [1.82, 2.24) is 10.2 Å². The number of aromatic nitrogens is 2. The van der Waals surface area contributed by atoms with Crippen LogP contribution < -0.4 is 10.5 Å². The summed E-state index contributed by atoms with van der Waals surface area (Å²) in [4.78, 5) is 37.4. The molecule has 0 radical (unpaired) electrons. The van der Waals surface area contributed by atoms with E-state index in [-0.39, 0.29) is 34.9 Å². The van der Waals surface area contributed by atoms with Gasteiger partial charge in [0.15, 0.2) is 0 Å². The summed E-state index contributed by atoms with van der Waals surface area (Å²) in [5.74, 6) is -1.83. The van der Waals surface area contributed by atoms with Crippen LogP contribution in [0, 0.1) is 17.7 Å². The highest BCUT2D eigenvalue weighted by atomic mass is 19.1. The fourth-order valence-electron chi connectivity index (χ4n) is 3.76. The average molecular weight is 363 g/mol. The Hall–Kier alpha value is -3.35. The van der Waals surface area contributed by atoms with Crippen LogP contribution in [-0.4, -0.2) is 22.0 Å². The molecule has 1 N–H and O–H groups in total. The van der Waals surface area contributed by atoms with Crippen LogP contribution in [-0.2, 0) is 16.0 Å². The van der Waals surface area contributed by atoms with E-state index in [9.17, 15) is 18.8 Å². The molecule has 2 aliphatic rings. The maximum atomic E-state index is 14.3. The quantitative estimate of drug-likeness (QED) is 0.723. The van der Waals surface area contributed by atoms with Gasteiger partial charge in [-0.3, -0.25) is 14.4 Å². The van der Waals surface area contributed by atoms with Crippen molar-refractivity contribution in [1.29, 1.82) is 0 Å². The predicted molar refractivity (Wildman–Crippen MR) is 95.7 cm³/mol. The molecule has 0 bridgehead atoms. The van der Waals surface area contributed by atoms with E-state index in [4.69, 9.17) is 0 Å². The van der Waals surface area contributed by atoms with Crippen molar-refractivity contribution in [3.05, 3.63) is 69.9 Å². The zero-order chi connectivity index (χ0) is 18.7. The van der Waals surface area contributed by atoms with E-state index >= 15 is 0 Å². The van der Waals surface area contributed by atoms with Gasteiger partial charge in [-0.15, -0.1) is 0 Å². The number of H-pyrrole nitrogens is 1. The van der Waals surface area contributed by atoms with Crippen LogP contribution in [0.1, 0.15) is 17.7 Å². The number of fused-ring (bicyclic) bond motifs is 2. The number of anilines is 1. The zero-order valence-electron chi connectivity index (χ0n) is 14.1. The molecule has 134 valence electrons. The highest BCUT2D eigenvalue weighted by Crippen LogP contribution is 2.48. The van der Waals surface area contributed by atoms with Crippen molar-refractivity contribution in [2.75, 3.05) is 4.90 Å². The van der Waals surface area contributed by atoms with Gasteiger partial charge in [-0.05, 0) is 30.2 Å². The van der Waals surface area contributed by atoms with Crippen molar-refractivity contribution in [2.45, 2.75) is 12.8 Å².